The molecule has 1 aromatic carbocycles. The first-order valence-electron chi connectivity index (χ1n) is 9.42. The Morgan fingerprint density at radius 3 is 2.81 bits per heavy atom. The molecular weight excluding hydrogens is 324 g/mol. The molecule has 1 saturated heterocycles. The molecule has 1 aliphatic heterocycles. The molecule has 0 radical (unpaired) electrons. The van der Waals surface area contributed by atoms with Crippen molar-refractivity contribution in [2.45, 2.75) is 13.3 Å². The summed E-state index contributed by atoms with van der Waals surface area (Å²) in [4.78, 5) is 17.2. The molecule has 0 saturated carbocycles. The second-order valence-corrected chi connectivity index (χ2v) is 6.70. The molecule has 3 heterocycles. The minimum Gasteiger partial charge on any atom is -0.370 e. The number of hydrogen-bond donors (Lipinski definition) is 2. The molecule has 6 nitrogen and oxygen atoms in total. The molecule has 2 aromatic heterocycles. The number of H-pyrrole nitrogens is 1. The van der Waals surface area contributed by atoms with E-state index in [4.69, 9.17) is 4.98 Å². The largest absolute Gasteiger partial charge is 0.370 e. The summed E-state index contributed by atoms with van der Waals surface area (Å²) >= 11 is 0. The maximum absolute atomic E-state index is 4.71. The molecule has 0 spiro atoms. The van der Waals surface area contributed by atoms with Crippen LogP contribution in [0, 0.1) is 0 Å². The summed E-state index contributed by atoms with van der Waals surface area (Å²) in [5.74, 6) is 1.73. The number of nitrogens with one attached hydrogen (secondary N) is 2. The predicted octanol–water partition coefficient (Wildman–Crippen LogP) is 2.75. The third-order valence-corrected chi connectivity index (χ3v) is 5.12. The number of aromatic amines is 1. The van der Waals surface area contributed by atoms with Gasteiger partial charge < -0.3 is 20.1 Å². The minimum absolute atomic E-state index is 0.831. The van der Waals surface area contributed by atoms with Gasteiger partial charge in [0.15, 0.2) is 0 Å². The molecule has 0 unspecified atom stereocenters. The zero-order valence-electron chi connectivity index (χ0n) is 15.3. The van der Waals surface area contributed by atoms with Crippen molar-refractivity contribution in [3.05, 3.63) is 48.3 Å². The summed E-state index contributed by atoms with van der Waals surface area (Å²) in [7, 11) is 0. The standard InChI is InChI=1S/C20H26N6/c1-2-25-11-13-26(14-12-25)20-22-10-8-19(24-20)21-9-7-16-15-23-18-6-4-3-5-17(16)18/h3-6,8,10,15,23H,2,7,9,11-14H2,1H3,(H,21,22,24). The number of benzene rings is 1. The van der Waals surface area contributed by atoms with E-state index < -0.39 is 0 Å². The highest BCUT2D eigenvalue weighted by molar-refractivity contribution is 5.83. The van der Waals surface area contributed by atoms with Crippen molar-refractivity contribution < 1.29 is 0 Å². The molecule has 2 N–H and O–H groups in total. The average Bonchev–Trinajstić information content (AvgIpc) is 3.12. The van der Waals surface area contributed by atoms with Gasteiger partial charge in [0.05, 0.1) is 0 Å². The Morgan fingerprint density at radius 2 is 1.96 bits per heavy atom. The van der Waals surface area contributed by atoms with Crippen LogP contribution in [0.2, 0.25) is 0 Å². The lowest BCUT2D eigenvalue weighted by atomic mass is 10.1. The van der Waals surface area contributed by atoms with Gasteiger partial charge in [0.1, 0.15) is 5.82 Å². The monoisotopic (exact) mass is 350 g/mol. The van der Waals surface area contributed by atoms with Crippen molar-refractivity contribution in [3.8, 4) is 0 Å². The number of likely N-dealkylation sites (N-methyl/N-ethyl adjacent to an activating group) is 1. The predicted molar refractivity (Wildman–Crippen MR) is 107 cm³/mol. The number of anilines is 2. The summed E-state index contributed by atoms with van der Waals surface area (Å²) < 4.78 is 0. The van der Waals surface area contributed by atoms with Crippen LogP contribution in [-0.4, -0.2) is 59.1 Å². The fourth-order valence-electron chi connectivity index (χ4n) is 3.53. The molecule has 0 amide bonds. The van der Waals surface area contributed by atoms with Gasteiger partial charge in [-0.15, -0.1) is 0 Å². The first-order valence-corrected chi connectivity index (χ1v) is 9.42. The van der Waals surface area contributed by atoms with Gasteiger partial charge in [0, 0.05) is 56.0 Å². The number of piperazine rings is 1. The van der Waals surface area contributed by atoms with Crippen LogP contribution >= 0.6 is 0 Å². The van der Waals surface area contributed by atoms with Crippen molar-refractivity contribution in [3.63, 3.8) is 0 Å². The van der Waals surface area contributed by atoms with Gasteiger partial charge in [-0.25, -0.2) is 4.98 Å². The molecule has 3 aromatic rings. The van der Waals surface area contributed by atoms with Gasteiger partial charge in [-0.1, -0.05) is 25.1 Å². The highest BCUT2D eigenvalue weighted by atomic mass is 15.3. The van der Waals surface area contributed by atoms with Gasteiger partial charge in [-0.05, 0) is 30.7 Å². The van der Waals surface area contributed by atoms with Crippen LogP contribution in [0.15, 0.2) is 42.7 Å². The van der Waals surface area contributed by atoms with Crippen LogP contribution in [0.25, 0.3) is 10.9 Å². The van der Waals surface area contributed by atoms with Crippen molar-refractivity contribution in [1.29, 1.82) is 0 Å². The van der Waals surface area contributed by atoms with Crippen molar-refractivity contribution in [2.24, 2.45) is 0 Å². The summed E-state index contributed by atoms with van der Waals surface area (Å²) in [5, 5.41) is 4.74. The Hall–Kier alpha value is -2.60. The maximum atomic E-state index is 4.71. The average molecular weight is 350 g/mol. The van der Waals surface area contributed by atoms with E-state index in [1.807, 2.05) is 12.3 Å². The van der Waals surface area contributed by atoms with Crippen molar-refractivity contribution in [1.82, 2.24) is 19.9 Å². The normalized spacial score (nSPS) is 15.5. The van der Waals surface area contributed by atoms with E-state index >= 15 is 0 Å². The summed E-state index contributed by atoms with van der Waals surface area (Å²) in [6.07, 6.45) is 4.91. The van der Waals surface area contributed by atoms with Crippen molar-refractivity contribution >= 4 is 22.7 Å². The molecule has 1 fully saturated rings. The highest BCUT2D eigenvalue weighted by Crippen LogP contribution is 2.18. The smallest absolute Gasteiger partial charge is 0.227 e. The lowest BCUT2D eigenvalue weighted by molar-refractivity contribution is 0.270. The Balaban J connectivity index is 1.35. The third kappa shape index (κ3) is 3.65. The number of aromatic nitrogens is 3. The topological polar surface area (TPSA) is 60.1 Å². The summed E-state index contributed by atoms with van der Waals surface area (Å²) in [5.41, 5.74) is 2.52. The fourth-order valence-corrected chi connectivity index (χ4v) is 3.53. The number of para-hydroxylation sites is 1. The second-order valence-electron chi connectivity index (χ2n) is 6.70. The zero-order chi connectivity index (χ0) is 17.8. The van der Waals surface area contributed by atoms with Crippen LogP contribution in [0.4, 0.5) is 11.8 Å². The fraction of sp³-hybridized carbons (Fsp3) is 0.400. The van der Waals surface area contributed by atoms with Gasteiger partial charge in [0.25, 0.3) is 0 Å². The number of hydrogen-bond acceptors (Lipinski definition) is 5. The molecule has 1 aliphatic rings. The van der Waals surface area contributed by atoms with Gasteiger partial charge in [-0.2, -0.15) is 4.98 Å². The van der Waals surface area contributed by atoms with E-state index in [1.54, 1.807) is 0 Å². The maximum Gasteiger partial charge on any atom is 0.227 e. The van der Waals surface area contributed by atoms with E-state index in [0.717, 1.165) is 57.5 Å². The van der Waals surface area contributed by atoms with Crippen molar-refractivity contribution in [2.75, 3.05) is 49.5 Å². The lowest BCUT2D eigenvalue weighted by Crippen LogP contribution is -2.46. The van der Waals surface area contributed by atoms with Crippen LogP contribution < -0.4 is 10.2 Å². The number of nitrogens with zero attached hydrogens (tertiary/aromatic N) is 4. The quantitative estimate of drug-likeness (QED) is 0.716. The van der Waals surface area contributed by atoms with Crippen LogP contribution in [0.1, 0.15) is 12.5 Å². The number of rotatable bonds is 6. The Morgan fingerprint density at radius 1 is 1.12 bits per heavy atom. The molecule has 26 heavy (non-hydrogen) atoms. The van der Waals surface area contributed by atoms with Gasteiger partial charge in [0.2, 0.25) is 5.95 Å². The zero-order valence-corrected chi connectivity index (χ0v) is 15.3. The van der Waals surface area contributed by atoms with E-state index in [2.05, 4.69) is 62.5 Å². The van der Waals surface area contributed by atoms with Crippen LogP contribution in [0.3, 0.4) is 0 Å². The molecular formula is C20H26N6. The van der Waals surface area contributed by atoms with E-state index in [9.17, 15) is 0 Å². The molecule has 4 rings (SSSR count). The Bertz CT molecular complexity index is 850. The summed E-state index contributed by atoms with van der Waals surface area (Å²) in [6.45, 7) is 8.33. The molecule has 0 aliphatic carbocycles. The van der Waals surface area contributed by atoms with E-state index in [1.165, 1.54) is 16.5 Å². The van der Waals surface area contributed by atoms with Crippen LogP contribution in [0.5, 0.6) is 0 Å². The third-order valence-electron chi connectivity index (χ3n) is 5.12. The van der Waals surface area contributed by atoms with E-state index in [-0.39, 0.29) is 0 Å². The van der Waals surface area contributed by atoms with E-state index in [0.29, 0.717) is 0 Å². The highest BCUT2D eigenvalue weighted by Gasteiger charge is 2.17. The Labute approximate surface area is 154 Å². The summed E-state index contributed by atoms with van der Waals surface area (Å²) in [6, 6.07) is 10.4. The lowest BCUT2D eigenvalue weighted by Gasteiger charge is -2.34. The molecule has 136 valence electrons. The minimum atomic E-state index is 0.831. The van der Waals surface area contributed by atoms with Gasteiger partial charge in [-0.3, -0.25) is 0 Å². The Kier molecular flexibility index (Phi) is 5.02. The van der Waals surface area contributed by atoms with Crippen LogP contribution in [-0.2, 0) is 6.42 Å². The van der Waals surface area contributed by atoms with Gasteiger partial charge >= 0.3 is 0 Å². The molecule has 0 bridgehead atoms. The second kappa shape index (κ2) is 7.74. The first kappa shape index (κ1) is 16.8. The molecule has 0 atom stereocenters. The SMILES string of the molecule is CCN1CCN(c2nccc(NCCc3c[nH]c4ccccc34)n2)CC1. The first-order chi connectivity index (χ1) is 12.8. The molecule has 6 heteroatoms. The number of fused-ring (bicyclic) bond motifs is 1.